The van der Waals surface area contributed by atoms with Crippen LogP contribution in [0.3, 0.4) is 0 Å². The van der Waals surface area contributed by atoms with Gasteiger partial charge in [0.15, 0.2) is 5.82 Å². The molecule has 34 heavy (non-hydrogen) atoms. The molecule has 0 aliphatic heterocycles. The lowest BCUT2D eigenvalue weighted by molar-refractivity contribution is -0.113. The number of benzene rings is 3. The van der Waals surface area contributed by atoms with Gasteiger partial charge in [-0.25, -0.2) is 4.68 Å². The van der Waals surface area contributed by atoms with Gasteiger partial charge in [-0.2, -0.15) is 0 Å². The molecule has 3 aromatic carbocycles. The van der Waals surface area contributed by atoms with Crippen LogP contribution in [-0.4, -0.2) is 39.1 Å². The Morgan fingerprint density at radius 3 is 2.53 bits per heavy atom. The highest BCUT2D eigenvalue weighted by Crippen LogP contribution is 2.23. The molecule has 0 saturated heterocycles. The van der Waals surface area contributed by atoms with Gasteiger partial charge in [0.2, 0.25) is 11.1 Å². The molecule has 0 atom stereocenters. The van der Waals surface area contributed by atoms with E-state index >= 15 is 0 Å². The first-order chi connectivity index (χ1) is 16.5. The van der Waals surface area contributed by atoms with Gasteiger partial charge in [-0.05, 0) is 61.4 Å². The van der Waals surface area contributed by atoms with Crippen molar-refractivity contribution >= 4 is 39.8 Å². The van der Waals surface area contributed by atoms with Crippen LogP contribution in [0.25, 0.3) is 10.8 Å². The number of hydrogen-bond acceptors (Lipinski definition) is 6. The number of hydrogen-bond donors (Lipinski definition) is 2. The number of nitrogens with two attached hydrogens (primary N) is 1. The maximum absolute atomic E-state index is 12.5. The van der Waals surface area contributed by atoms with E-state index in [2.05, 4.69) is 65.5 Å². The number of aromatic nitrogens is 3. The predicted molar refractivity (Wildman–Crippen MR) is 141 cm³/mol. The van der Waals surface area contributed by atoms with Crippen molar-refractivity contribution in [2.75, 3.05) is 28.4 Å². The number of fused-ring (bicyclic) bond motifs is 1. The number of thioether (sulfide) groups is 1. The molecule has 0 bridgehead atoms. The molecule has 0 spiro atoms. The minimum absolute atomic E-state index is 0.118. The number of carbonyl (C=O) groups excluding carboxylic acids is 1. The van der Waals surface area contributed by atoms with Crippen molar-refractivity contribution in [3.05, 3.63) is 78.1 Å². The average Bonchev–Trinajstić information content (AvgIpc) is 3.18. The smallest absolute Gasteiger partial charge is 0.234 e. The summed E-state index contributed by atoms with van der Waals surface area (Å²) < 4.78 is 1.47. The van der Waals surface area contributed by atoms with E-state index in [1.54, 1.807) is 0 Å². The molecule has 0 aliphatic rings. The summed E-state index contributed by atoms with van der Waals surface area (Å²) in [4.78, 5) is 14.8. The quantitative estimate of drug-likeness (QED) is 0.270. The maximum Gasteiger partial charge on any atom is 0.234 e. The first-order valence-electron chi connectivity index (χ1n) is 11.4. The first-order valence-corrected chi connectivity index (χ1v) is 12.4. The number of amides is 1. The van der Waals surface area contributed by atoms with Gasteiger partial charge in [-0.15, -0.1) is 10.2 Å². The van der Waals surface area contributed by atoms with Crippen LogP contribution in [0.1, 0.15) is 32.2 Å². The zero-order valence-electron chi connectivity index (χ0n) is 19.7. The van der Waals surface area contributed by atoms with Crippen molar-refractivity contribution in [2.45, 2.75) is 38.4 Å². The van der Waals surface area contributed by atoms with Crippen molar-refractivity contribution in [3.63, 3.8) is 0 Å². The van der Waals surface area contributed by atoms with Gasteiger partial charge < -0.3 is 16.1 Å². The lowest BCUT2D eigenvalue weighted by Crippen LogP contribution is -2.30. The van der Waals surface area contributed by atoms with Crippen LogP contribution in [0.2, 0.25) is 0 Å². The highest BCUT2D eigenvalue weighted by Gasteiger charge is 2.14. The second-order valence-electron chi connectivity index (χ2n) is 8.35. The Bertz CT molecular complexity index is 1260. The Morgan fingerprint density at radius 1 is 1.06 bits per heavy atom. The molecule has 0 saturated carbocycles. The van der Waals surface area contributed by atoms with E-state index in [9.17, 15) is 4.79 Å². The van der Waals surface area contributed by atoms with Crippen LogP contribution in [0.5, 0.6) is 0 Å². The summed E-state index contributed by atoms with van der Waals surface area (Å²) in [5.41, 5.74) is 3.04. The van der Waals surface area contributed by atoms with Crippen LogP contribution in [-0.2, 0) is 11.2 Å². The third-order valence-corrected chi connectivity index (χ3v) is 6.69. The standard InChI is InChI=1S/C26H30N6OS/c1-4-31(18(2)3)22-14-12-21(13-15-22)28-25(33)17-34-26-30-29-24(32(26)27)16-20-10-7-9-19-8-5-6-11-23(19)20/h5-15,18H,4,16-17,27H2,1-3H3,(H,28,33). The largest absolute Gasteiger partial charge is 0.369 e. The average molecular weight is 475 g/mol. The number of nitrogens with one attached hydrogen (secondary N) is 1. The van der Waals surface area contributed by atoms with E-state index in [1.807, 2.05) is 42.5 Å². The van der Waals surface area contributed by atoms with Crippen molar-refractivity contribution in [2.24, 2.45) is 0 Å². The third kappa shape index (κ3) is 5.34. The molecule has 0 radical (unpaired) electrons. The van der Waals surface area contributed by atoms with Crippen molar-refractivity contribution in [1.29, 1.82) is 0 Å². The summed E-state index contributed by atoms with van der Waals surface area (Å²) in [6, 6.07) is 22.8. The number of nitrogen functional groups attached to an aromatic ring is 1. The van der Waals surface area contributed by atoms with E-state index in [0.717, 1.165) is 23.5 Å². The minimum atomic E-state index is -0.118. The Kier molecular flexibility index (Phi) is 7.37. The van der Waals surface area contributed by atoms with Crippen LogP contribution in [0.4, 0.5) is 11.4 Å². The summed E-state index contributed by atoms with van der Waals surface area (Å²) in [6.07, 6.45) is 0.565. The molecule has 0 unspecified atom stereocenters. The van der Waals surface area contributed by atoms with Crippen LogP contribution >= 0.6 is 11.8 Å². The molecule has 3 N–H and O–H groups in total. The first kappa shape index (κ1) is 23.6. The number of anilines is 2. The van der Waals surface area contributed by atoms with E-state index in [0.29, 0.717) is 23.4 Å². The Labute approximate surface area is 204 Å². The molecule has 7 nitrogen and oxygen atoms in total. The Hall–Kier alpha value is -3.52. The topological polar surface area (TPSA) is 89.1 Å². The van der Waals surface area contributed by atoms with Crippen LogP contribution in [0, 0.1) is 0 Å². The second-order valence-corrected chi connectivity index (χ2v) is 9.29. The fraction of sp³-hybridized carbons (Fsp3) is 0.269. The van der Waals surface area contributed by atoms with Crippen molar-refractivity contribution < 1.29 is 4.79 Å². The fourth-order valence-electron chi connectivity index (χ4n) is 4.05. The maximum atomic E-state index is 12.5. The monoisotopic (exact) mass is 474 g/mol. The fourth-order valence-corrected chi connectivity index (χ4v) is 4.73. The molecular weight excluding hydrogens is 444 g/mol. The molecule has 0 fully saturated rings. The number of nitrogens with zero attached hydrogens (tertiary/aromatic N) is 4. The molecule has 1 amide bonds. The Balaban J connectivity index is 1.36. The molecule has 176 valence electrons. The highest BCUT2D eigenvalue weighted by molar-refractivity contribution is 7.99. The highest BCUT2D eigenvalue weighted by atomic mass is 32.2. The van der Waals surface area contributed by atoms with Crippen LogP contribution < -0.4 is 16.1 Å². The summed E-state index contributed by atoms with van der Waals surface area (Å²) in [5, 5.41) is 14.2. The van der Waals surface area contributed by atoms with Crippen LogP contribution in [0.15, 0.2) is 71.9 Å². The Morgan fingerprint density at radius 2 is 1.79 bits per heavy atom. The predicted octanol–water partition coefficient (Wildman–Crippen LogP) is 4.70. The molecule has 4 rings (SSSR count). The van der Waals surface area contributed by atoms with Gasteiger partial charge >= 0.3 is 0 Å². The van der Waals surface area contributed by atoms with Gasteiger partial charge in [0.25, 0.3) is 0 Å². The van der Waals surface area contributed by atoms with E-state index in [-0.39, 0.29) is 11.7 Å². The summed E-state index contributed by atoms with van der Waals surface area (Å²) in [5.74, 6) is 6.98. The SMILES string of the molecule is CCN(c1ccc(NC(=O)CSc2nnc(Cc3cccc4ccccc34)n2N)cc1)C(C)C. The second kappa shape index (κ2) is 10.6. The van der Waals surface area contributed by atoms with Gasteiger partial charge in [0.05, 0.1) is 5.75 Å². The molecule has 4 aromatic rings. The summed E-state index contributed by atoms with van der Waals surface area (Å²) in [6.45, 7) is 7.40. The summed E-state index contributed by atoms with van der Waals surface area (Å²) in [7, 11) is 0. The lowest BCUT2D eigenvalue weighted by Gasteiger charge is -2.27. The number of rotatable bonds is 9. The molecular formula is C26H30N6OS. The van der Waals surface area contributed by atoms with Crippen molar-refractivity contribution in [3.8, 4) is 0 Å². The van der Waals surface area contributed by atoms with E-state index in [4.69, 9.17) is 5.84 Å². The van der Waals surface area contributed by atoms with Gasteiger partial charge in [-0.3, -0.25) is 4.79 Å². The zero-order chi connectivity index (χ0) is 24.1. The lowest BCUT2D eigenvalue weighted by atomic mass is 10.0. The van der Waals surface area contributed by atoms with Gasteiger partial charge in [0, 0.05) is 30.4 Å². The third-order valence-electron chi connectivity index (χ3n) is 5.74. The molecule has 8 heteroatoms. The normalized spacial score (nSPS) is 11.2. The van der Waals surface area contributed by atoms with Gasteiger partial charge in [-0.1, -0.05) is 54.2 Å². The van der Waals surface area contributed by atoms with E-state index in [1.165, 1.54) is 27.2 Å². The number of carbonyl (C=O) groups is 1. The molecule has 0 aliphatic carbocycles. The summed E-state index contributed by atoms with van der Waals surface area (Å²) >= 11 is 1.27. The minimum Gasteiger partial charge on any atom is -0.369 e. The zero-order valence-corrected chi connectivity index (χ0v) is 20.5. The van der Waals surface area contributed by atoms with Gasteiger partial charge in [0.1, 0.15) is 0 Å². The molecule has 1 aromatic heterocycles. The molecule has 1 heterocycles. The van der Waals surface area contributed by atoms with E-state index < -0.39 is 0 Å². The van der Waals surface area contributed by atoms with Crippen molar-refractivity contribution in [1.82, 2.24) is 14.9 Å².